The van der Waals surface area contributed by atoms with Gasteiger partial charge in [-0.25, -0.2) is 0 Å². The number of nitrogens with zero attached hydrogens (tertiary/aromatic N) is 2. The average molecular weight is 506 g/mol. The van der Waals surface area contributed by atoms with Crippen LogP contribution in [0.1, 0.15) is 46.0 Å². The third kappa shape index (κ3) is 4.47. The van der Waals surface area contributed by atoms with E-state index in [-0.39, 0.29) is 30.1 Å². The number of ether oxygens (including phenoxy) is 2. The van der Waals surface area contributed by atoms with E-state index in [0.717, 1.165) is 45.4 Å². The van der Waals surface area contributed by atoms with Crippen LogP contribution in [0.5, 0.6) is 0 Å². The number of guanidine groups is 1. The lowest BCUT2D eigenvalue weighted by Crippen LogP contribution is -2.69. The molecule has 0 bridgehead atoms. The molecule has 4 fully saturated rings. The Kier molecular flexibility index (Phi) is 7.89. The first-order chi connectivity index (χ1) is 13.1. The monoisotopic (exact) mass is 506 g/mol. The molecule has 2 aliphatic heterocycles. The SMILES string of the molecule is CN=C(NCC1CN(CC(C)C)CCO1)NC1C2CCOC2C12CCCC2.I. The highest BCUT2D eigenvalue weighted by Gasteiger charge is 2.65. The zero-order valence-electron chi connectivity index (χ0n) is 17.8. The molecule has 4 unspecified atom stereocenters. The molecule has 2 aliphatic carbocycles. The zero-order valence-corrected chi connectivity index (χ0v) is 20.1. The Morgan fingerprint density at radius 1 is 1.21 bits per heavy atom. The van der Waals surface area contributed by atoms with E-state index in [2.05, 4.69) is 34.4 Å². The summed E-state index contributed by atoms with van der Waals surface area (Å²) < 4.78 is 12.1. The third-order valence-corrected chi connectivity index (χ3v) is 7.15. The molecule has 7 heteroatoms. The summed E-state index contributed by atoms with van der Waals surface area (Å²) >= 11 is 0. The fraction of sp³-hybridized carbons (Fsp3) is 0.952. The van der Waals surface area contributed by atoms with Gasteiger partial charge in [-0.2, -0.15) is 0 Å². The minimum Gasteiger partial charge on any atom is -0.377 e. The minimum absolute atomic E-state index is 0. The van der Waals surface area contributed by atoms with Gasteiger partial charge in [0.05, 0.1) is 18.8 Å². The maximum absolute atomic E-state index is 6.11. The van der Waals surface area contributed by atoms with E-state index in [1.807, 2.05) is 7.05 Å². The van der Waals surface area contributed by atoms with Gasteiger partial charge in [0.15, 0.2) is 5.96 Å². The van der Waals surface area contributed by atoms with Gasteiger partial charge in [0.1, 0.15) is 0 Å². The topological polar surface area (TPSA) is 58.1 Å². The molecule has 162 valence electrons. The quantitative estimate of drug-likeness (QED) is 0.341. The van der Waals surface area contributed by atoms with E-state index < -0.39 is 0 Å². The molecule has 1 spiro atoms. The molecule has 28 heavy (non-hydrogen) atoms. The highest BCUT2D eigenvalue weighted by Crippen LogP contribution is 2.60. The highest BCUT2D eigenvalue weighted by molar-refractivity contribution is 14.0. The maximum Gasteiger partial charge on any atom is 0.191 e. The van der Waals surface area contributed by atoms with E-state index >= 15 is 0 Å². The van der Waals surface area contributed by atoms with Crippen LogP contribution in [-0.4, -0.2) is 75.5 Å². The van der Waals surface area contributed by atoms with Gasteiger partial charge in [-0.3, -0.25) is 9.89 Å². The molecule has 0 amide bonds. The Labute approximate surface area is 187 Å². The second-order valence-corrected chi connectivity index (χ2v) is 9.41. The predicted molar refractivity (Wildman–Crippen MR) is 123 cm³/mol. The molecule has 2 saturated heterocycles. The predicted octanol–water partition coefficient (Wildman–Crippen LogP) is 2.47. The summed E-state index contributed by atoms with van der Waals surface area (Å²) in [4.78, 5) is 7.04. The zero-order chi connectivity index (χ0) is 18.9. The molecule has 4 atom stereocenters. The van der Waals surface area contributed by atoms with Crippen LogP contribution in [0.4, 0.5) is 0 Å². The number of aliphatic imine (C=N–C) groups is 1. The highest BCUT2D eigenvalue weighted by atomic mass is 127. The number of hydrogen-bond donors (Lipinski definition) is 2. The first-order valence-electron chi connectivity index (χ1n) is 11.0. The van der Waals surface area contributed by atoms with Crippen molar-refractivity contribution in [3.8, 4) is 0 Å². The normalized spacial score (nSPS) is 34.8. The van der Waals surface area contributed by atoms with Crippen molar-refractivity contribution in [2.75, 3.05) is 46.4 Å². The molecule has 0 aromatic heterocycles. The van der Waals surface area contributed by atoms with E-state index in [1.54, 1.807) is 0 Å². The molecule has 2 N–H and O–H groups in total. The van der Waals surface area contributed by atoms with Gasteiger partial charge in [0.25, 0.3) is 0 Å². The Morgan fingerprint density at radius 3 is 2.71 bits per heavy atom. The van der Waals surface area contributed by atoms with Gasteiger partial charge in [0, 0.05) is 57.2 Å². The molecule has 0 aromatic rings. The molecule has 4 rings (SSSR count). The van der Waals surface area contributed by atoms with Crippen molar-refractivity contribution in [3.63, 3.8) is 0 Å². The van der Waals surface area contributed by atoms with Gasteiger partial charge in [0.2, 0.25) is 0 Å². The van der Waals surface area contributed by atoms with Gasteiger partial charge in [-0.05, 0) is 25.2 Å². The van der Waals surface area contributed by atoms with Crippen LogP contribution >= 0.6 is 24.0 Å². The van der Waals surface area contributed by atoms with Crippen LogP contribution in [0.2, 0.25) is 0 Å². The van der Waals surface area contributed by atoms with Crippen molar-refractivity contribution < 1.29 is 9.47 Å². The molecular formula is C21H39IN4O2. The van der Waals surface area contributed by atoms with Gasteiger partial charge in [-0.1, -0.05) is 26.7 Å². The molecule has 0 radical (unpaired) electrons. The Bertz CT molecular complexity index is 538. The maximum atomic E-state index is 6.11. The van der Waals surface area contributed by atoms with E-state index in [0.29, 0.717) is 29.4 Å². The lowest BCUT2D eigenvalue weighted by molar-refractivity contribution is -0.125. The first-order valence-corrected chi connectivity index (χ1v) is 11.0. The molecule has 2 saturated carbocycles. The first kappa shape index (κ1) is 22.6. The van der Waals surface area contributed by atoms with Gasteiger partial charge >= 0.3 is 0 Å². The molecule has 0 aromatic carbocycles. The van der Waals surface area contributed by atoms with Crippen molar-refractivity contribution in [1.29, 1.82) is 0 Å². The third-order valence-electron chi connectivity index (χ3n) is 7.15. The number of hydrogen-bond acceptors (Lipinski definition) is 4. The Balaban J connectivity index is 0.00000225. The molecule has 4 aliphatic rings. The summed E-state index contributed by atoms with van der Waals surface area (Å²) in [6.07, 6.45) is 7.22. The van der Waals surface area contributed by atoms with Crippen LogP contribution in [0.25, 0.3) is 0 Å². The summed E-state index contributed by atoms with van der Waals surface area (Å²) in [6, 6.07) is 0.517. The van der Waals surface area contributed by atoms with E-state index in [9.17, 15) is 0 Å². The fourth-order valence-electron chi connectivity index (χ4n) is 6.04. The summed E-state index contributed by atoms with van der Waals surface area (Å²) in [5.41, 5.74) is 0.355. The van der Waals surface area contributed by atoms with Crippen molar-refractivity contribution in [2.45, 2.75) is 64.2 Å². The average Bonchev–Trinajstić information content (AvgIpc) is 3.30. The summed E-state index contributed by atoms with van der Waals surface area (Å²) in [6.45, 7) is 10.4. The van der Waals surface area contributed by atoms with Crippen LogP contribution in [0.15, 0.2) is 4.99 Å². The second kappa shape index (κ2) is 9.79. The standard InChI is InChI=1S/C21H38N4O2.HI/c1-15(2)13-25-9-11-26-16(14-25)12-23-20(22-3)24-18-17-6-10-27-19(17)21(18)7-4-5-8-21;/h15-19H,4-14H2,1-3H3,(H2,22,23,24);1H. The van der Waals surface area contributed by atoms with Crippen LogP contribution in [0.3, 0.4) is 0 Å². The summed E-state index contributed by atoms with van der Waals surface area (Å²) in [5.74, 6) is 2.30. The molecular weight excluding hydrogens is 467 g/mol. The number of nitrogens with one attached hydrogen (secondary N) is 2. The minimum atomic E-state index is 0. The number of fused-ring (bicyclic) bond motifs is 2. The molecule has 6 nitrogen and oxygen atoms in total. The van der Waals surface area contributed by atoms with Crippen molar-refractivity contribution in [3.05, 3.63) is 0 Å². The van der Waals surface area contributed by atoms with Crippen molar-refractivity contribution >= 4 is 29.9 Å². The van der Waals surface area contributed by atoms with Crippen molar-refractivity contribution in [1.82, 2.24) is 15.5 Å². The van der Waals surface area contributed by atoms with E-state index in [1.165, 1.54) is 32.1 Å². The van der Waals surface area contributed by atoms with Crippen LogP contribution in [0, 0.1) is 17.3 Å². The van der Waals surface area contributed by atoms with Crippen molar-refractivity contribution in [2.24, 2.45) is 22.2 Å². The van der Waals surface area contributed by atoms with Gasteiger partial charge in [-0.15, -0.1) is 24.0 Å². The summed E-state index contributed by atoms with van der Waals surface area (Å²) in [5, 5.41) is 7.32. The fourth-order valence-corrected chi connectivity index (χ4v) is 6.04. The lowest BCUT2D eigenvalue weighted by atomic mass is 9.54. The number of rotatable bonds is 5. The van der Waals surface area contributed by atoms with Gasteiger partial charge < -0.3 is 20.1 Å². The smallest absolute Gasteiger partial charge is 0.191 e. The second-order valence-electron chi connectivity index (χ2n) is 9.41. The van der Waals surface area contributed by atoms with Crippen LogP contribution in [-0.2, 0) is 9.47 Å². The summed E-state index contributed by atoms with van der Waals surface area (Å²) in [7, 11) is 1.88. The Hall–Kier alpha value is -0.120. The number of halogens is 1. The number of morpholine rings is 1. The van der Waals surface area contributed by atoms with E-state index in [4.69, 9.17) is 9.47 Å². The lowest BCUT2D eigenvalue weighted by Gasteiger charge is -2.57. The largest absolute Gasteiger partial charge is 0.377 e. The van der Waals surface area contributed by atoms with Crippen LogP contribution < -0.4 is 10.6 Å². The Morgan fingerprint density at radius 2 is 2.00 bits per heavy atom. The molecule has 2 heterocycles.